The number of piperidine rings is 1. The maximum atomic E-state index is 11.7. The summed E-state index contributed by atoms with van der Waals surface area (Å²) < 4.78 is 0. The molecule has 104 valence electrons. The Balaban J connectivity index is 1.51. The Hall–Kier alpha value is -0.940. The van der Waals surface area contributed by atoms with Crippen LogP contribution in [0, 0.1) is 11.8 Å². The lowest BCUT2D eigenvalue weighted by atomic mass is 9.99. The average Bonchev–Trinajstić information content (AvgIpc) is 3.16. The predicted octanol–water partition coefficient (Wildman–Crippen LogP) is 2.72. The maximum absolute atomic E-state index is 11.7. The van der Waals surface area contributed by atoms with Gasteiger partial charge in [-0.15, -0.1) is 11.3 Å². The van der Waals surface area contributed by atoms with Crippen LogP contribution in [0.15, 0.2) is 5.38 Å². The highest BCUT2D eigenvalue weighted by Crippen LogP contribution is 2.30. The molecule has 1 aromatic rings. The number of hydrogen-bond acceptors (Lipinski definition) is 4. The van der Waals surface area contributed by atoms with E-state index < -0.39 is 0 Å². The van der Waals surface area contributed by atoms with Crippen LogP contribution in [0.5, 0.6) is 0 Å². The Labute approximate surface area is 118 Å². The van der Waals surface area contributed by atoms with Crippen LogP contribution in [-0.2, 0) is 11.3 Å². The van der Waals surface area contributed by atoms with Gasteiger partial charge in [-0.3, -0.25) is 9.69 Å². The fourth-order valence-electron chi connectivity index (χ4n) is 2.44. The van der Waals surface area contributed by atoms with Crippen molar-refractivity contribution in [3.8, 4) is 0 Å². The molecule has 0 spiro atoms. The maximum Gasteiger partial charge on any atom is 0.229 e. The fraction of sp³-hybridized carbons (Fsp3) is 0.714. The highest BCUT2D eigenvalue weighted by Gasteiger charge is 2.30. The van der Waals surface area contributed by atoms with E-state index in [2.05, 4.69) is 27.5 Å². The van der Waals surface area contributed by atoms with Crippen molar-refractivity contribution >= 4 is 22.4 Å². The molecule has 0 aromatic carbocycles. The summed E-state index contributed by atoms with van der Waals surface area (Å²) in [6.45, 7) is 5.58. The van der Waals surface area contributed by atoms with Crippen molar-refractivity contribution in [2.45, 2.75) is 39.2 Å². The first kappa shape index (κ1) is 13.1. The second-order valence-corrected chi connectivity index (χ2v) is 6.72. The summed E-state index contributed by atoms with van der Waals surface area (Å²) in [5.74, 6) is 1.25. The first-order valence-corrected chi connectivity index (χ1v) is 8.06. The number of carbonyl (C=O) groups is 1. The Bertz CT molecular complexity index is 447. The van der Waals surface area contributed by atoms with E-state index in [1.807, 2.05) is 0 Å². The van der Waals surface area contributed by atoms with Crippen molar-refractivity contribution < 1.29 is 4.79 Å². The number of carbonyl (C=O) groups excluding carboxylic acids is 1. The van der Waals surface area contributed by atoms with Gasteiger partial charge in [0.15, 0.2) is 5.13 Å². The molecule has 1 N–H and O–H groups in total. The molecule has 2 fully saturated rings. The summed E-state index contributed by atoms with van der Waals surface area (Å²) in [4.78, 5) is 18.6. The monoisotopic (exact) mass is 279 g/mol. The molecule has 4 nitrogen and oxygen atoms in total. The second-order valence-electron chi connectivity index (χ2n) is 5.87. The van der Waals surface area contributed by atoms with Gasteiger partial charge in [0.2, 0.25) is 5.91 Å². The highest BCUT2D eigenvalue weighted by atomic mass is 32.1. The molecule has 5 heteroatoms. The SMILES string of the molecule is CC1CCN(Cc2csc(NC(=O)C3CC3)n2)CC1. The van der Waals surface area contributed by atoms with E-state index in [0.717, 1.165) is 36.1 Å². The molecule has 1 saturated carbocycles. The van der Waals surface area contributed by atoms with Gasteiger partial charge in [0.1, 0.15) is 0 Å². The summed E-state index contributed by atoms with van der Waals surface area (Å²) in [7, 11) is 0. The van der Waals surface area contributed by atoms with Crippen molar-refractivity contribution in [1.82, 2.24) is 9.88 Å². The Morgan fingerprint density at radius 3 is 2.84 bits per heavy atom. The number of thiazole rings is 1. The fourth-order valence-corrected chi connectivity index (χ4v) is 3.14. The number of rotatable bonds is 4. The molecule has 0 radical (unpaired) electrons. The van der Waals surface area contributed by atoms with Gasteiger partial charge in [-0.25, -0.2) is 4.98 Å². The first-order valence-electron chi connectivity index (χ1n) is 7.18. The van der Waals surface area contributed by atoms with E-state index in [1.54, 1.807) is 11.3 Å². The molecule has 1 aromatic heterocycles. The van der Waals surface area contributed by atoms with Crippen molar-refractivity contribution in [3.05, 3.63) is 11.1 Å². The zero-order valence-corrected chi connectivity index (χ0v) is 12.2. The van der Waals surface area contributed by atoms with Crippen LogP contribution < -0.4 is 5.32 Å². The minimum atomic E-state index is 0.146. The molecule has 1 saturated heterocycles. The molecule has 3 rings (SSSR count). The molecule has 2 aliphatic rings. The summed E-state index contributed by atoms with van der Waals surface area (Å²) in [6.07, 6.45) is 4.65. The minimum absolute atomic E-state index is 0.146. The van der Waals surface area contributed by atoms with Crippen molar-refractivity contribution in [2.75, 3.05) is 18.4 Å². The predicted molar refractivity (Wildman–Crippen MR) is 77.1 cm³/mol. The number of nitrogens with one attached hydrogen (secondary N) is 1. The standard InChI is InChI=1S/C14H21N3OS/c1-10-4-6-17(7-5-10)8-12-9-19-14(15-12)16-13(18)11-2-3-11/h9-11H,2-8H2,1H3,(H,15,16,18). The number of aromatic nitrogens is 1. The number of nitrogens with zero attached hydrogens (tertiary/aromatic N) is 2. The third kappa shape index (κ3) is 3.54. The van der Waals surface area contributed by atoms with E-state index in [4.69, 9.17) is 0 Å². The highest BCUT2D eigenvalue weighted by molar-refractivity contribution is 7.13. The lowest BCUT2D eigenvalue weighted by Gasteiger charge is -2.29. The topological polar surface area (TPSA) is 45.2 Å². The van der Waals surface area contributed by atoms with Crippen LogP contribution in [0.4, 0.5) is 5.13 Å². The van der Waals surface area contributed by atoms with Crippen LogP contribution >= 0.6 is 11.3 Å². The lowest BCUT2D eigenvalue weighted by molar-refractivity contribution is -0.117. The molecular formula is C14H21N3OS. The number of hydrogen-bond donors (Lipinski definition) is 1. The quantitative estimate of drug-likeness (QED) is 0.921. The molecule has 0 atom stereocenters. The van der Waals surface area contributed by atoms with Crippen LogP contribution in [0.25, 0.3) is 0 Å². The van der Waals surface area contributed by atoms with Gasteiger partial charge in [-0.1, -0.05) is 6.92 Å². The van der Waals surface area contributed by atoms with Gasteiger partial charge in [-0.2, -0.15) is 0 Å². The second kappa shape index (κ2) is 5.59. The Morgan fingerprint density at radius 2 is 2.16 bits per heavy atom. The van der Waals surface area contributed by atoms with E-state index in [9.17, 15) is 4.79 Å². The molecule has 2 heterocycles. The normalized spacial score (nSPS) is 21.5. The van der Waals surface area contributed by atoms with E-state index in [1.165, 1.54) is 25.9 Å². The van der Waals surface area contributed by atoms with Gasteiger partial charge in [0, 0.05) is 17.8 Å². The minimum Gasteiger partial charge on any atom is -0.302 e. The van der Waals surface area contributed by atoms with E-state index in [0.29, 0.717) is 0 Å². The summed E-state index contributed by atoms with van der Waals surface area (Å²) in [6, 6.07) is 0. The van der Waals surface area contributed by atoms with Crippen molar-refractivity contribution in [3.63, 3.8) is 0 Å². The van der Waals surface area contributed by atoms with Crippen molar-refractivity contribution in [1.29, 1.82) is 0 Å². The van der Waals surface area contributed by atoms with Gasteiger partial charge < -0.3 is 5.32 Å². The van der Waals surface area contributed by atoms with Crippen LogP contribution in [0.2, 0.25) is 0 Å². The Morgan fingerprint density at radius 1 is 1.42 bits per heavy atom. The number of anilines is 1. The molecular weight excluding hydrogens is 258 g/mol. The first-order chi connectivity index (χ1) is 9.20. The van der Waals surface area contributed by atoms with Gasteiger partial charge >= 0.3 is 0 Å². The molecule has 19 heavy (non-hydrogen) atoms. The molecule has 1 aliphatic carbocycles. The third-order valence-electron chi connectivity index (χ3n) is 3.99. The Kier molecular flexibility index (Phi) is 3.84. The summed E-state index contributed by atoms with van der Waals surface area (Å²) in [5.41, 5.74) is 1.09. The molecule has 0 bridgehead atoms. The van der Waals surface area contributed by atoms with Crippen molar-refractivity contribution in [2.24, 2.45) is 11.8 Å². The third-order valence-corrected chi connectivity index (χ3v) is 4.80. The summed E-state index contributed by atoms with van der Waals surface area (Å²) in [5, 5.41) is 5.75. The number of amides is 1. The smallest absolute Gasteiger partial charge is 0.229 e. The molecule has 0 unspecified atom stereocenters. The van der Waals surface area contributed by atoms with Gasteiger partial charge in [-0.05, 0) is 44.7 Å². The van der Waals surface area contributed by atoms with Crippen LogP contribution in [-0.4, -0.2) is 28.9 Å². The van der Waals surface area contributed by atoms with E-state index >= 15 is 0 Å². The van der Waals surface area contributed by atoms with Crippen LogP contribution in [0.3, 0.4) is 0 Å². The van der Waals surface area contributed by atoms with Gasteiger partial charge in [0.25, 0.3) is 0 Å². The largest absolute Gasteiger partial charge is 0.302 e. The molecule has 1 amide bonds. The lowest BCUT2D eigenvalue weighted by Crippen LogP contribution is -2.32. The zero-order chi connectivity index (χ0) is 13.2. The summed E-state index contributed by atoms with van der Waals surface area (Å²) >= 11 is 1.54. The zero-order valence-electron chi connectivity index (χ0n) is 11.4. The number of likely N-dealkylation sites (tertiary alicyclic amines) is 1. The van der Waals surface area contributed by atoms with E-state index in [-0.39, 0.29) is 11.8 Å². The van der Waals surface area contributed by atoms with Crippen LogP contribution in [0.1, 0.15) is 38.3 Å². The average molecular weight is 279 g/mol. The molecule has 1 aliphatic heterocycles. The van der Waals surface area contributed by atoms with Gasteiger partial charge in [0.05, 0.1) is 5.69 Å².